The molecular weight excluding hydrogens is 420 g/mol. The molecule has 2 aromatic rings. The quantitative estimate of drug-likeness (QED) is 0.657. The molecular formula is C25H34N4O4. The first kappa shape index (κ1) is 24.5. The number of hydrogen-bond donors (Lipinski definition) is 2. The normalized spacial score (nSPS) is 15.0. The molecule has 1 aliphatic rings. The lowest BCUT2D eigenvalue weighted by Gasteiger charge is -2.32. The van der Waals surface area contributed by atoms with Gasteiger partial charge in [-0.05, 0) is 56.4 Å². The van der Waals surface area contributed by atoms with Gasteiger partial charge < -0.3 is 20.1 Å². The number of amides is 2. The topological polar surface area (TPSA) is 92.8 Å². The molecule has 1 aliphatic heterocycles. The monoisotopic (exact) mass is 454 g/mol. The van der Waals surface area contributed by atoms with Gasteiger partial charge in [-0.25, -0.2) is 9.59 Å². The van der Waals surface area contributed by atoms with E-state index in [0.717, 1.165) is 49.2 Å². The van der Waals surface area contributed by atoms with Gasteiger partial charge in [0.05, 0.1) is 0 Å². The number of benzene rings is 1. The lowest BCUT2D eigenvalue weighted by Crippen LogP contribution is -2.45. The minimum absolute atomic E-state index is 0.131. The summed E-state index contributed by atoms with van der Waals surface area (Å²) in [6, 6.07) is 11.8. The molecule has 0 saturated carbocycles. The van der Waals surface area contributed by atoms with Crippen LogP contribution in [0.2, 0.25) is 0 Å². The summed E-state index contributed by atoms with van der Waals surface area (Å²) in [5, 5.41) is 5.74. The van der Waals surface area contributed by atoms with Crippen molar-refractivity contribution in [3.05, 3.63) is 65.5 Å². The minimum atomic E-state index is -0.490. The molecule has 0 bridgehead atoms. The van der Waals surface area contributed by atoms with E-state index in [0.29, 0.717) is 6.54 Å². The fourth-order valence-electron chi connectivity index (χ4n) is 3.64. The second kappa shape index (κ2) is 11.7. The predicted octanol–water partition coefficient (Wildman–Crippen LogP) is 4.00. The summed E-state index contributed by atoms with van der Waals surface area (Å²) in [7, 11) is 0. The van der Waals surface area contributed by atoms with E-state index in [4.69, 9.17) is 9.47 Å². The van der Waals surface area contributed by atoms with Crippen molar-refractivity contribution in [3.63, 3.8) is 0 Å². The fraction of sp³-hybridized carbons (Fsp3) is 0.480. The maximum absolute atomic E-state index is 12.0. The van der Waals surface area contributed by atoms with E-state index in [1.165, 1.54) is 0 Å². The largest absolute Gasteiger partial charge is 0.445 e. The van der Waals surface area contributed by atoms with Crippen LogP contribution in [0.25, 0.3) is 0 Å². The molecule has 1 aromatic carbocycles. The zero-order chi connectivity index (χ0) is 23.7. The fourth-order valence-corrected chi connectivity index (χ4v) is 3.64. The van der Waals surface area contributed by atoms with E-state index in [9.17, 15) is 9.59 Å². The van der Waals surface area contributed by atoms with Crippen molar-refractivity contribution in [2.45, 2.75) is 65.0 Å². The molecule has 0 aliphatic carbocycles. The Morgan fingerprint density at radius 2 is 1.73 bits per heavy atom. The molecule has 1 fully saturated rings. The number of carbonyl (C=O) groups is 2. The van der Waals surface area contributed by atoms with Crippen LogP contribution in [-0.2, 0) is 29.2 Å². The van der Waals surface area contributed by atoms with Crippen molar-refractivity contribution >= 4 is 12.2 Å². The summed E-state index contributed by atoms with van der Waals surface area (Å²) < 4.78 is 10.6. The van der Waals surface area contributed by atoms with Crippen LogP contribution < -0.4 is 10.6 Å². The van der Waals surface area contributed by atoms with Gasteiger partial charge in [0.1, 0.15) is 12.2 Å². The van der Waals surface area contributed by atoms with Gasteiger partial charge in [-0.3, -0.25) is 9.88 Å². The highest BCUT2D eigenvalue weighted by atomic mass is 16.6. The van der Waals surface area contributed by atoms with Crippen molar-refractivity contribution in [2.24, 2.45) is 0 Å². The van der Waals surface area contributed by atoms with E-state index < -0.39 is 11.7 Å². The number of hydrogen-bond acceptors (Lipinski definition) is 6. The molecule has 0 unspecified atom stereocenters. The number of nitrogens with one attached hydrogen (secondary N) is 2. The Bertz CT molecular complexity index is 906. The summed E-state index contributed by atoms with van der Waals surface area (Å²) in [6.45, 7) is 8.73. The number of carbonyl (C=O) groups excluding carboxylic acids is 2. The second-order valence-electron chi connectivity index (χ2n) is 9.31. The number of aromatic nitrogens is 1. The van der Waals surface area contributed by atoms with E-state index in [1.807, 2.05) is 57.3 Å². The number of ether oxygens (including phenoxy) is 2. The van der Waals surface area contributed by atoms with Crippen LogP contribution in [0, 0.1) is 0 Å². The molecule has 33 heavy (non-hydrogen) atoms. The Labute approximate surface area is 195 Å². The molecule has 8 heteroatoms. The van der Waals surface area contributed by atoms with Crippen molar-refractivity contribution in [3.8, 4) is 0 Å². The summed E-state index contributed by atoms with van der Waals surface area (Å²) in [5.74, 6) is 0. The highest BCUT2D eigenvalue weighted by Crippen LogP contribution is 2.15. The number of rotatable bonds is 7. The van der Waals surface area contributed by atoms with Crippen LogP contribution in [0.5, 0.6) is 0 Å². The minimum Gasteiger partial charge on any atom is -0.445 e. The molecule has 0 radical (unpaired) electrons. The van der Waals surface area contributed by atoms with Crippen molar-refractivity contribution < 1.29 is 19.1 Å². The van der Waals surface area contributed by atoms with Crippen LogP contribution in [0.15, 0.2) is 48.8 Å². The molecule has 3 rings (SSSR count). The van der Waals surface area contributed by atoms with Gasteiger partial charge in [-0.2, -0.15) is 0 Å². The third-order valence-electron chi connectivity index (χ3n) is 5.22. The van der Waals surface area contributed by atoms with Crippen LogP contribution in [0.4, 0.5) is 9.59 Å². The first-order chi connectivity index (χ1) is 15.8. The molecule has 2 amide bonds. The SMILES string of the molecule is CC(C)(C)OC(=O)NC1CCN(Cc2cncc(CNC(=O)OCc3ccccc3)c2)CC1. The number of nitrogens with zero attached hydrogens (tertiary/aromatic N) is 2. The summed E-state index contributed by atoms with van der Waals surface area (Å²) in [5.41, 5.74) is 2.47. The van der Waals surface area contributed by atoms with E-state index >= 15 is 0 Å². The highest BCUT2D eigenvalue weighted by molar-refractivity contribution is 5.68. The van der Waals surface area contributed by atoms with E-state index in [2.05, 4.69) is 26.6 Å². The number of pyridine rings is 1. The summed E-state index contributed by atoms with van der Waals surface area (Å²) in [4.78, 5) is 30.6. The lowest BCUT2D eigenvalue weighted by atomic mass is 10.0. The first-order valence-corrected chi connectivity index (χ1v) is 11.4. The van der Waals surface area contributed by atoms with E-state index in [-0.39, 0.29) is 18.7 Å². The van der Waals surface area contributed by atoms with Crippen LogP contribution in [-0.4, -0.2) is 46.8 Å². The molecule has 178 valence electrons. The van der Waals surface area contributed by atoms with Crippen LogP contribution in [0.1, 0.15) is 50.3 Å². The summed E-state index contributed by atoms with van der Waals surface area (Å²) in [6.07, 6.45) is 4.54. The lowest BCUT2D eigenvalue weighted by molar-refractivity contribution is 0.0477. The van der Waals surface area contributed by atoms with Gasteiger partial charge in [0.25, 0.3) is 0 Å². The number of alkyl carbamates (subject to hydrolysis) is 2. The first-order valence-electron chi connectivity index (χ1n) is 11.4. The Morgan fingerprint density at radius 1 is 1.03 bits per heavy atom. The Kier molecular flexibility index (Phi) is 8.65. The van der Waals surface area contributed by atoms with Crippen LogP contribution >= 0.6 is 0 Å². The molecule has 8 nitrogen and oxygen atoms in total. The smallest absolute Gasteiger partial charge is 0.407 e. The maximum Gasteiger partial charge on any atom is 0.407 e. The van der Waals surface area contributed by atoms with Gasteiger partial charge in [0.2, 0.25) is 0 Å². The zero-order valence-electron chi connectivity index (χ0n) is 19.7. The van der Waals surface area contributed by atoms with E-state index in [1.54, 1.807) is 6.20 Å². The highest BCUT2D eigenvalue weighted by Gasteiger charge is 2.23. The summed E-state index contributed by atoms with van der Waals surface area (Å²) >= 11 is 0. The average molecular weight is 455 g/mol. The Hall–Kier alpha value is -3.13. The number of likely N-dealkylation sites (tertiary alicyclic amines) is 1. The molecule has 1 saturated heterocycles. The second-order valence-corrected chi connectivity index (χ2v) is 9.31. The Morgan fingerprint density at radius 3 is 2.42 bits per heavy atom. The maximum atomic E-state index is 12.0. The average Bonchev–Trinajstić information content (AvgIpc) is 2.77. The Balaban J connectivity index is 1.38. The third-order valence-corrected chi connectivity index (χ3v) is 5.22. The zero-order valence-corrected chi connectivity index (χ0v) is 19.7. The van der Waals surface area contributed by atoms with Crippen LogP contribution in [0.3, 0.4) is 0 Å². The van der Waals surface area contributed by atoms with Gasteiger partial charge in [0.15, 0.2) is 0 Å². The molecule has 2 N–H and O–H groups in total. The van der Waals surface area contributed by atoms with Crippen molar-refractivity contribution in [1.29, 1.82) is 0 Å². The van der Waals surface area contributed by atoms with Crippen molar-refractivity contribution in [2.75, 3.05) is 13.1 Å². The van der Waals surface area contributed by atoms with Gasteiger partial charge >= 0.3 is 12.2 Å². The van der Waals surface area contributed by atoms with Gasteiger partial charge in [0, 0.05) is 44.6 Å². The van der Waals surface area contributed by atoms with Gasteiger partial charge in [-0.1, -0.05) is 30.3 Å². The number of piperidine rings is 1. The standard InChI is InChI=1S/C25H34N4O4/c1-25(2,3)33-24(31)28-22-9-11-29(12-10-22)17-21-13-20(14-26-15-21)16-27-23(30)32-18-19-7-5-4-6-8-19/h4-8,13-15,22H,9-12,16-18H2,1-3H3,(H,27,30)(H,28,31). The third kappa shape index (κ3) is 9.10. The molecule has 0 spiro atoms. The van der Waals surface area contributed by atoms with Gasteiger partial charge in [-0.15, -0.1) is 0 Å². The predicted molar refractivity (Wildman–Crippen MR) is 125 cm³/mol. The molecule has 2 heterocycles. The molecule has 0 atom stereocenters. The molecule has 1 aromatic heterocycles. The van der Waals surface area contributed by atoms with Crippen molar-refractivity contribution in [1.82, 2.24) is 20.5 Å².